The third-order valence-electron chi connectivity index (χ3n) is 4.44. The molecule has 6 heteroatoms. The van der Waals surface area contributed by atoms with Crippen LogP contribution in [0.2, 0.25) is 0 Å². The van der Waals surface area contributed by atoms with Crippen LogP contribution < -0.4 is 14.8 Å². The van der Waals surface area contributed by atoms with Crippen LogP contribution in [0.15, 0.2) is 71.3 Å². The van der Waals surface area contributed by atoms with Crippen LogP contribution in [0.3, 0.4) is 0 Å². The van der Waals surface area contributed by atoms with Gasteiger partial charge in [0.15, 0.2) is 6.61 Å². The van der Waals surface area contributed by atoms with Gasteiger partial charge >= 0.3 is 0 Å². The second-order valence-electron chi connectivity index (χ2n) is 6.97. The largest absolute Gasteiger partial charge is 0.484 e. The average Bonchev–Trinajstić information content (AvgIpc) is 3.23. The smallest absolute Gasteiger partial charge is 0.258 e. The van der Waals surface area contributed by atoms with Crippen LogP contribution in [-0.2, 0) is 4.79 Å². The van der Waals surface area contributed by atoms with Gasteiger partial charge in [0.2, 0.25) is 0 Å². The molecule has 1 atom stereocenters. The zero-order chi connectivity index (χ0) is 20.6. The Kier molecular flexibility index (Phi) is 6.92. The zero-order valence-electron chi connectivity index (χ0n) is 16.9. The van der Waals surface area contributed by atoms with Crippen LogP contribution in [0.5, 0.6) is 17.2 Å². The molecule has 0 spiro atoms. The number of benzene rings is 2. The van der Waals surface area contributed by atoms with E-state index in [0.717, 1.165) is 11.5 Å². The minimum atomic E-state index is -0.191. The van der Waals surface area contributed by atoms with E-state index < -0.39 is 0 Å². The number of amides is 1. The van der Waals surface area contributed by atoms with Gasteiger partial charge in [-0.3, -0.25) is 9.69 Å². The number of nitrogens with zero attached hydrogens (tertiary/aromatic N) is 1. The van der Waals surface area contributed by atoms with Gasteiger partial charge in [0.25, 0.3) is 5.91 Å². The SMILES string of the molecule is Cc1ccc(Oc2ccc(OCC(=O)NC[C@H](c3ccco3)N(C)C)cc2)cc1. The van der Waals surface area contributed by atoms with Gasteiger partial charge in [-0.05, 0) is 69.6 Å². The van der Waals surface area contributed by atoms with E-state index in [4.69, 9.17) is 13.9 Å². The van der Waals surface area contributed by atoms with Crippen molar-refractivity contribution in [1.82, 2.24) is 10.2 Å². The Hall–Kier alpha value is -3.25. The molecule has 0 aliphatic carbocycles. The molecular weight excluding hydrogens is 368 g/mol. The first kappa shape index (κ1) is 20.5. The molecule has 0 saturated carbocycles. The number of hydrogen-bond acceptors (Lipinski definition) is 5. The predicted molar refractivity (Wildman–Crippen MR) is 111 cm³/mol. The second-order valence-corrected chi connectivity index (χ2v) is 6.97. The van der Waals surface area contributed by atoms with Gasteiger partial charge in [-0.1, -0.05) is 17.7 Å². The molecule has 2 aromatic carbocycles. The number of likely N-dealkylation sites (N-methyl/N-ethyl adjacent to an activating group) is 1. The van der Waals surface area contributed by atoms with Crippen molar-refractivity contribution < 1.29 is 18.7 Å². The van der Waals surface area contributed by atoms with Crippen LogP contribution in [0.1, 0.15) is 17.4 Å². The summed E-state index contributed by atoms with van der Waals surface area (Å²) in [7, 11) is 3.88. The maximum atomic E-state index is 12.1. The highest BCUT2D eigenvalue weighted by Gasteiger charge is 2.17. The van der Waals surface area contributed by atoms with Crippen molar-refractivity contribution in [3.8, 4) is 17.2 Å². The summed E-state index contributed by atoms with van der Waals surface area (Å²) in [6.07, 6.45) is 1.63. The molecular formula is C23H26N2O4. The molecule has 152 valence electrons. The first-order valence-electron chi connectivity index (χ1n) is 9.45. The van der Waals surface area contributed by atoms with E-state index in [1.165, 1.54) is 5.56 Å². The van der Waals surface area contributed by atoms with E-state index in [2.05, 4.69) is 5.32 Å². The van der Waals surface area contributed by atoms with E-state index in [-0.39, 0.29) is 18.6 Å². The molecule has 1 amide bonds. The third kappa shape index (κ3) is 6.12. The van der Waals surface area contributed by atoms with Gasteiger partial charge in [-0.2, -0.15) is 0 Å². The summed E-state index contributed by atoms with van der Waals surface area (Å²) in [5, 5.41) is 2.88. The van der Waals surface area contributed by atoms with E-state index in [1.54, 1.807) is 18.4 Å². The van der Waals surface area contributed by atoms with Gasteiger partial charge in [0.1, 0.15) is 23.0 Å². The molecule has 0 radical (unpaired) electrons. The maximum Gasteiger partial charge on any atom is 0.258 e. The van der Waals surface area contributed by atoms with Gasteiger partial charge in [0, 0.05) is 6.54 Å². The Bertz CT molecular complexity index is 888. The quantitative estimate of drug-likeness (QED) is 0.590. The molecule has 0 bridgehead atoms. The van der Waals surface area contributed by atoms with E-state index in [1.807, 2.05) is 74.4 Å². The summed E-state index contributed by atoms with van der Waals surface area (Å²) in [6.45, 7) is 2.41. The lowest BCUT2D eigenvalue weighted by Gasteiger charge is -2.22. The topological polar surface area (TPSA) is 63.9 Å². The Morgan fingerprint density at radius 1 is 1.00 bits per heavy atom. The summed E-state index contributed by atoms with van der Waals surface area (Å²) in [5.41, 5.74) is 1.18. The average molecular weight is 394 g/mol. The highest BCUT2D eigenvalue weighted by molar-refractivity contribution is 5.77. The molecule has 29 heavy (non-hydrogen) atoms. The lowest BCUT2D eigenvalue weighted by Crippen LogP contribution is -2.36. The lowest BCUT2D eigenvalue weighted by molar-refractivity contribution is -0.123. The number of furan rings is 1. The third-order valence-corrected chi connectivity index (χ3v) is 4.44. The van der Waals surface area contributed by atoms with Crippen LogP contribution in [0.25, 0.3) is 0 Å². The predicted octanol–water partition coefficient (Wildman–Crippen LogP) is 4.18. The van der Waals surface area contributed by atoms with Crippen molar-refractivity contribution in [3.05, 3.63) is 78.3 Å². The minimum absolute atomic E-state index is 0.0350. The van der Waals surface area contributed by atoms with Crippen molar-refractivity contribution in [2.45, 2.75) is 13.0 Å². The van der Waals surface area contributed by atoms with Crippen molar-refractivity contribution >= 4 is 5.91 Å². The Labute approximate surface area is 171 Å². The fraction of sp³-hybridized carbons (Fsp3) is 0.261. The molecule has 3 rings (SSSR count). The van der Waals surface area contributed by atoms with Crippen molar-refractivity contribution in [1.29, 1.82) is 0 Å². The number of aryl methyl sites for hydroxylation is 1. The number of carbonyl (C=O) groups is 1. The Balaban J connectivity index is 1.45. The summed E-state index contributed by atoms with van der Waals surface area (Å²) in [5.74, 6) is 2.70. The highest BCUT2D eigenvalue weighted by atomic mass is 16.5. The van der Waals surface area contributed by atoms with Gasteiger partial charge in [-0.15, -0.1) is 0 Å². The van der Waals surface area contributed by atoms with Crippen LogP contribution in [-0.4, -0.2) is 38.1 Å². The molecule has 1 aromatic heterocycles. The Morgan fingerprint density at radius 2 is 1.62 bits per heavy atom. The highest BCUT2D eigenvalue weighted by Crippen LogP contribution is 2.24. The fourth-order valence-electron chi connectivity index (χ4n) is 2.78. The molecule has 0 fully saturated rings. The van der Waals surface area contributed by atoms with Crippen molar-refractivity contribution in [3.63, 3.8) is 0 Å². The zero-order valence-corrected chi connectivity index (χ0v) is 16.9. The molecule has 1 N–H and O–H groups in total. The van der Waals surface area contributed by atoms with Crippen molar-refractivity contribution in [2.24, 2.45) is 0 Å². The molecule has 0 unspecified atom stereocenters. The standard InChI is InChI=1S/C23H26N2O4/c1-17-6-8-19(9-7-17)29-20-12-10-18(11-13-20)28-16-23(26)24-15-21(25(2)3)22-5-4-14-27-22/h4-14,21H,15-16H2,1-3H3,(H,24,26)/t21-/m1/s1. The van der Waals surface area contributed by atoms with Gasteiger partial charge in [-0.25, -0.2) is 0 Å². The number of carbonyl (C=O) groups excluding carboxylic acids is 1. The van der Waals surface area contributed by atoms with Gasteiger partial charge < -0.3 is 19.2 Å². The number of hydrogen-bond donors (Lipinski definition) is 1. The van der Waals surface area contributed by atoms with Crippen LogP contribution >= 0.6 is 0 Å². The Morgan fingerprint density at radius 3 is 2.21 bits per heavy atom. The fourth-order valence-corrected chi connectivity index (χ4v) is 2.78. The van der Waals surface area contributed by atoms with E-state index in [0.29, 0.717) is 18.0 Å². The second kappa shape index (κ2) is 9.80. The molecule has 0 saturated heterocycles. The number of rotatable bonds is 9. The van der Waals surface area contributed by atoms with E-state index in [9.17, 15) is 4.79 Å². The first-order chi connectivity index (χ1) is 14.0. The number of nitrogens with one attached hydrogen (secondary N) is 1. The number of ether oxygens (including phenoxy) is 2. The normalized spacial score (nSPS) is 11.9. The molecule has 0 aliphatic rings. The van der Waals surface area contributed by atoms with Crippen LogP contribution in [0.4, 0.5) is 0 Å². The molecule has 0 aliphatic heterocycles. The van der Waals surface area contributed by atoms with E-state index >= 15 is 0 Å². The monoisotopic (exact) mass is 394 g/mol. The summed E-state index contributed by atoms with van der Waals surface area (Å²) in [4.78, 5) is 14.1. The molecule has 6 nitrogen and oxygen atoms in total. The molecule has 3 aromatic rings. The van der Waals surface area contributed by atoms with Gasteiger partial charge in [0.05, 0.1) is 12.3 Å². The van der Waals surface area contributed by atoms with Crippen LogP contribution in [0, 0.1) is 6.92 Å². The first-order valence-corrected chi connectivity index (χ1v) is 9.45. The summed E-state index contributed by atoms with van der Waals surface area (Å²) >= 11 is 0. The summed E-state index contributed by atoms with van der Waals surface area (Å²) in [6, 6.07) is 18.7. The van der Waals surface area contributed by atoms with Crippen molar-refractivity contribution in [2.75, 3.05) is 27.2 Å². The maximum absolute atomic E-state index is 12.1. The summed E-state index contributed by atoms with van der Waals surface area (Å²) < 4.78 is 16.8. The minimum Gasteiger partial charge on any atom is -0.484 e. The lowest BCUT2D eigenvalue weighted by atomic mass is 10.2. The molecule has 1 heterocycles.